The van der Waals surface area contributed by atoms with E-state index in [4.69, 9.17) is 16.9 Å². The van der Waals surface area contributed by atoms with Gasteiger partial charge in [-0.25, -0.2) is 16.8 Å². The van der Waals surface area contributed by atoms with E-state index in [1.165, 1.54) is 46.8 Å². The van der Waals surface area contributed by atoms with Crippen molar-refractivity contribution >= 4 is 37.3 Å². The number of anilines is 1. The summed E-state index contributed by atoms with van der Waals surface area (Å²) >= 11 is 5.92. The molecule has 7 nitrogen and oxygen atoms in total. The van der Waals surface area contributed by atoms with Crippen LogP contribution in [0.1, 0.15) is 24.8 Å². The number of hydrogen-bond donors (Lipinski definition) is 1. The highest BCUT2D eigenvalue weighted by Gasteiger charge is 2.26. The van der Waals surface area contributed by atoms with Crippen LogP contribution in [-0.4, -0.2) is 34.2 Å². The second kappa shape index (κ2) is 8.09. The van der Waals surface area contributed by atoms with Crippen molar-refractivity contribution in [3.63, 3.8) is 0 Å². The SMILES string of the molecule is N#Cc1ccc(NS(=O)(=O)c2ccc(S(=O)(=O)N3CCCCC3)cc2)cc1Cl. The number of piperidine rings is 1. The van der Waals surface area contributed by atoms with Crippen LogP contribution in [0.15, 0.2) is 52.3 Å². The molecule has 3 rings (SSSR count). The molecule has 0 spiro atoms. The van der Waals surface area contributed by atoms with Gasteiger partial charge in [-0.3, -0.25) is 4.72 Å². The minimum atomic E-state index is -3.94. The van der Waals surface area contributed by atoms with Gasteiger partial charge >= 0.3 is 0 Å². The zero-order valence-corrected chi connectivity index (χ0v) is 17.2. The number of halogens is 1. The first kappa shape index (κ1) is 20.6. The van der Waals surface area contributed by atoms with Gasteiger partial charge in [-0.2, -0.15) is 9.57 Å². The van der Waals surface area contributed by atoms with Crippen LogP contribution in [0.5, 0.6) is 0 Å². The van der Waals surface area contributed by atoms with E-state index in [1.807, 2.05) is 6.07 Å². The van der Waals surface area contributed by atoms with Crippen LogP contribution >= 0.6 is 11.6 Å². The highest BCUT2D eigenvalue weighted by Crippen LogP contribution is 2.25. The smallest absolute Gasteiger partial charge is 0.261 e. The van der Waals surface area contributed by atoms with Crippen molar-refractivity contribution in [1.29, 1.82) is 5.26 Å². The Morgan fingerprint density at radius 3 is 2.11 bits per heavy atom. The third-order valence-corrected chi connectivity index (χ3v) is 8.05. The second-order valence-electron chi connectivity index (χ2n) is 6.35. The van der Waals surface area contributed by atoms with E-state index in [-0.39, 0.29) is 26.1 Å². The molecule has 0 radical (unpaired) electrons. The number of rotatable bonds is 5. The van der Waals surface area contributed by atoms with Crippen molar-refractivity contribution in [3.05, 3.63) is 53.1 Å². The molecule has 148 valence electrons. The molecule has 0 bridgehead atoms. The molecular formula is C18H18ClN3O4S2. The van der Waals surface area contributed by atoms with Gasteiger partial charge in [-0.05, 0) is 55.3 Å². The lowest BCUT2D eigenvalue weighted by atomic mass is 10.2. The summed E-state index contributed by atoms with van der Waals surface area (Å²) < 4.78 is 54.2. The largest absolute Gasteiger partial charge is 0.280 e. The van der Waals surface area contributed by atoms with Crippen molar-refractivity contribution < 1.29 is 16.8 Å². The maximum Gasteiger partial charge on any atom is 0.261 e. The first-order chi connectivity index (χ1) is 13.2. The Morgan fingerprint density at radius 2 is 1.54 bits per heavy atom. The molecule has 1 aliphatic heterocycles. The molecule has 0 aliphatic carbocycles. The molecule has 0 saturated carbocycles. The first-order valence-corrected chi connectivity index (χ1v) is 11.9. The molecular weight excluding hydrogens is 422 g/mol. The average molecular weight is 440 g/mol. The number of nitrogens with one attached hydrogen (secondary N) is 1. The van der Waals surface area contributed by atoms with Crippen LogP contribution in [0.2, 0.25) is 5.02 Å². The maximum atomic E-state index is 12.7. The lowest BCUT2D eigenvalue weighted by molar-refractivity contribution is 0.346. The summed E-state index contributed by atoms with van der Waals surface area (Å²) in [7, 11) is -7.56. The summed E-state index contributed by atoms with van der Waals surface area (Å²) in [5.41, 5.74) is 0.436. The van der Waals surface area contributed by atoms with Gasteiger partial charge in [0.25, 0.3) is 10.0 Å². The molecule has 0 amide bonds. The third-order valence-electron chi connectivity index (χ3n) is 4.43. The molecule has 0 aromatic heterocycles. The number of hydrogen-bond acceptors (Lipinski definition) is 5. The number of sulfonamides is 2. The molecule has 1 saturated heterocycles. The van der Waals surface area contributed by atoms with Crippen LogP contribution in [0, 0.1) is 11.3 Å². The average Bonchev–Trinajstić information content (AvgIpc) is 2.68. The summed E-state index contributed by atoms with van der Waals surface area (Å²) in [4.78, 5) is -0.0136. The zero-order valence-electron chi connectivity index (χ0n) is 14.8. The van der Waals surface area contributed by atoms with Gasteiger partial charge in [0.05, 0.1) is 26.1 Å². The Bertz CT molecular complexity index is 1120. The van der Waals surface area contributed by atoms with Crippen molar-refractivity contribution in [2.24, 2.45) is 0 Å². The fourth-order valence-electron chi connectivity index (χ4n) is 2.93. The van der Waals surface area contributed by atoms with E-state index in [0.717, 1.165) is 19.3 Å². The van der Waals surface area contributed by atoms with Crippen LogP contribution in [0.3, 0.4) is 0 Å². The van der Waals surface area contributed by atoms with Crippen molar-refractivity contribution in [2.75, 3.05) is 17.8 Å². The van der Waals surface area contributed by atoms with Gasteiger partial charge in [0.15, 0.2) is 0 Å². The third kappa shape index (κ3) is 4.31. The van der Waals surface area contributed by atoms with E-state index in [0.29, 0.717) is 13.1 Å². The Hall–Kier alpha value is -2.12. The van der Waals surface area contributed by atoms with E-state index in [1.54, 1.807) is 0 Å². The molecule has 28 heavy (non-hydrogen) atoms. The lowest BCUT2D eigenvalue weighted by Gasteiger charge is -2.25. The van der Waals surface area contributed by atoms with Crippen molar-refractivity contribution in [2.45, 2.75) is 29.1 Å². The maximum absolute atomic E-state index is 12.7. The molecule has 0 atom stereocenters. The normalized spacial score (nSPS) is 15.7. The Morgan fingerprint density at radius 1 is 0.929 bits per heavy atom. The fraction of sp³-hybridized carbons (Fsp3) is 0.278. The number of benzene rings is 2. The predicted octanol–water partition coefficient (Wildman–Crippen LogP) is 3.19. The number of nitriles is 1. The molecule has 1 heterocycles. The monoisotopic (exact) mass is 439 g/mol. The van der Waals surface area contributed by atoms with Crippen LogP contribution < -0.4 is 4.72 Å². The fourth-order valence-corrected chi connectivity index (χ4v) is 5.72. The highest BCUT2D eigenvalue weighted by molar-refractivity contribution is 7.92. The van der Waals surface area contributed by atoms with E-state index >= 15 is 0 Å². The summed E-state index contributed by atoms with van der Waals surface area (Å²) in [6, 6.07) is 11.2. The van der Waals surface area contributed by atoms with E-state index in [2.05, 4.69) is 4.72 Å². The summed E-state index contributed by atoms with van der Waals surface area (Å²) in [5, 5.41) is 9.01. The minimum absolute atomic E-state index is 0.0646. The Balaban J connectivity index is 1.82. The molecule has 10 heteroatoms. The highest BCUT2D eigenvalue weighted by atomic mass is 35.5. The quantitative estimate of drug-likeness (QED) is 0.769. The van der Waals surface area contributed by atoms with Gasteiger partial charge in [-0.1, -0.05) is 18.0 Å². The Kier molecular flexibility index (Phi) is 5.95. The summed E-state index contributed by atoms with van der Waals surface area (Å²) in [6.07, 6.45) is 2.65. The lowest BCUT2D eigenvalue weighted by Crippen LogP contribution is -2.35. The second-order valence-corrected chi connectivity index (χ2v) is 10.4. The Labute approximate surface area is 169 Å². The topological polar surface area (TPSA) is 107 Å². The first-order valence-electron chi connectivity index (χ1n) is 8.57. The van der Waals surface area contributed by atoms with Gasteiger partial charge in [0, 0.05) is 13.1 Å². The number of nitrogens with zero attached hydrogens (tertiary/aromatic N) is 2. The molecule has 0 unspecified atom stereocenters. The van der Waals surface area contributed by atoms with Crippen LogP contribution in [0.25, 0.3) is 0 Å². The molecule has 2 aromatic rings. The summed E-state index contributed by atoms with van der Waals surface area (Å²) in [6.45, 7) is 0.951. The van der Waals surface area contributed by atoms with Gasteiger partial charge in [0.1, 0.15) is 6.07 Å². The molecule has 1 fully saturated rings. The van der Waals surface area contributed by atoms with E-state index in [9.17, 15) is 16.8 Å². The van der Waals surface area contributed by atoms with Crippen LogP contribution in [-0.2, 0) is 20.0 Å². The van der Waals surface area contributed by atoms with Crippen molar-refractivity contribution in [1.82, 2.24) is 4.31 Å². The van der Waals surface area contributed by atoms with E-state index < -0.39 is 20.0 Å². The summed E-state index contributed by atoms with van der Waals surface area (Å²) in [5.74, 6) is 0. The minimum Gasteiger partial charge on any atom is -0.280 e. The van der Waals surface area contributed by atoms with Gasteiger partial charge in [0.2, 0.25) is 10.0 Å². The van der Waals surface area contributed by atoms with Gasteiger partial charge in [-0.15, -0.1) is 0 Å². The van der Waals surface area contributed by atoms with Crippen molar-refractivity contribution in [3.8, 4) is 6.07 Å². The van der Waals surface area contributed by atoms with Crippen LogP contribution in [0.4, 0.5) is 5.69 Å². The molecule has 2 aromatic carbocycles. The predicted molar refractivity (Wildman–Crippen MR) is 106 cm³/mol. The molecule has 1 N–H and O–H groups in total. The molecule has 1 aliphatic rings. The standard InChI is InChI=1S/C18H18ClN3O4S2/c19-18-12-15(5-4-14(18)13-20)21-27(23,24)16-6-8-17(9-7-16)28(25,26)22-10-2-1-3-11-22/h4-9,12,21H,1-3,10-11H2. The van der Waals surface area contributed by atoms with Gasteiger partial charge < -0.3 is 0 Å². The zero-order chi connectivity index (χ0) is 20.4.